The number of nitrogens with two attached hydrogens (primary N) is 4. The number of ether oxygens (including phenoxy) is 9. The average Bonchev–Trinajstić information content (AvgIpc) is 3.12. The summed E-state index contributed by atoms with van der Waals surface area (Å²) in [4.78, 5) is 17.6. The summed E-state index contributed by atoms with van der Waals surface area (Å²) in [7, 11) is 3.25. The van der Waals surface area contributed by atoms with Gasteiger partial charge < -0.3 is 64.1 Å². The molecular weight excluding hydrogens is 714 g/mol. The van der Waals surface area contributed by atoms with Gasteiger partial charge in [0.2, 0.25) is 0 Å². The van der Waals surface area contributed by atoms with Gasteiger partial charge in [-0.25, -0.2) is 16.5 Å². The summed E-state index contributed by atoms with van der Waals surface area (Å²) in [5.41, 5.74) is 16.0. The van der Waals surface area contributed by atoms with E-state index >= 15 is 0 Å². The largest absolute Gasteiger partial charge is 0.456 e. The molecule has 17 heteroatoms. The summed E-state index contributed by atoms with van der Waals surface area (Å²) < 4.78 is 48.7. The first-order valence-electron chi connectivity index (χ1n) is 18.1. The highest BCUT2D eigenvalue weighted by molar-refractivity contribution is 5.91. The molecule has 0 amide bonds. The van der Waals surface area contributed by atoms with Crippen molar-refractivity contribution in [2.24, 2.45) is 23.2 Å². The van der Waals surface area contributed by atoms with E-state index in [1.165, 1.54) is 10.0 Å². The fourth-order valence-electron chi connectivity index (χ4n) is 4.89. The number of aromatic nitrogens is 1. The lowest BCUT2D eigenvalue weighted by Crippen LogP contribution is -2.29. The third-order valence-corrected chi connectivity index (χ3v) is 7.16. The molecule has 0 aliphatic rings. The number of esters is 1. The number of nitrogens with zero attached hydrogens (tertiary/aromatic N) is 3. The van der Waals surface area contributed by atoms with Gasteiger partial charge in [0.1, 0.15) is 5.60 Å². The van der Waals surface area contributed by atoms with E-state index < -0.39 is 11.6 Å². The van der Waals surface area contributed by atoms with E-state index in [0.717, 1.165) is 22.3 Å². The van der Waals surface area contributed by atoms with Gasteiger partial charge >= 0.3 is 5.97 Å². The molecule has 2 aromatic rings. The van der Waals surface area contributed by atoms with E-state index in [1.54, 1.807) is 51.1 Å². The fraction of sp³-hybridized carbons (Fsp3) is 0.579. The first-order valence-corrected chi connectivity index (χ1v) is 18.1. The van der Waals surface area contributed by atoms with E-state index in [4.69, 9.17) is 65.8 Å². The lowest BCUT2D eigenvalue weighted by Gasteiger charge is -2.25. The number of pyridine rings is 1. The smallest absolute Gasteiger partial charge is 0.338 e. The minimum Gasteiger partial charge on any atom is -0.456 e. The van der Waals surface area contributed by atoms with E-state index in [1.807, 2.05) is 32.9 Å². The summed E-state index contributed by atoms with van der Waals surface area (Å²) in [6, 6.07) is 7.26. The molecule has 0 aliphatic carbocycles. The van der Waals surface area contributed by atoms with Gasteiger partial charge in [0.05, 0.1) is 123 Å². The van der Waals surface area contributed by atoms with Crippen molar-refractivity contribution >= 4 is 5.97 Å². The van der Waals surface area contributed by atoms with Crippen molar-refractivity contribution in [2.75, 3.05) is 107 Å². The van der Waals surface area contributed by atoms with E-state index in [9.17, 15) is 4.79 Å². The second-order valence-electron chi connectivity index (χ2n) is 13.2. The van der Waals surface area contributed by atoms with Crippen LogP contribution in [0.3, 0.4) is 0 Å². The molecule has 0 fully saturated rings. The van der Waals surface area contributed by atoms with Crippen LogP contribution in [-0.4, -0.2) is 133 Å². The van der Waals surface area contributed by atoms with Gasteiger partial charge in [0.15, 0.2) is 0 Å². The Labute approximate surface area is 325 Å². The van der Waals surface area contributed by atoms with Gasteiger partial charge in [-0.2, -0.15) is 0 Å². The molecule has 0 spiro atoms. The van der Waals surface area contributed by atoms with E-state index in [-0.39, 0.29) is 26.3 Å². The van der Waals surface area contributed by atoms with Crippen LogP contribution in [0.4, 0.5) is 0 Å². The van der Waals surface area contributed by atoms with Crippen LogP contribution in [-0.2, 0) is 55.7 Å². The number of hydrazine groups is 2. The molecule has 1 heterocycles. The normalized spacial score (nSPS) is 12.3. The van der Waals surface area contributed by atoms with E-state index in [2.05, 4.69) is 4.98 Å². The highest BCUT2D eigenvalue weighted by Crippen LogP contribution is 2.31. The molecule has 17 nitrogen and oxygen atoms in total. The van der Waals surface area contributed by atoms with Crippen molar-refractivity contribution in [3.63, 3.8) is 0 Å². The van der Waals surface area contributed by atoms with Gasteiger partial charge in [-0.05, 0) is 67.3 Å². The van der Waals surface area contributed by atoms with Crippen molar-refractivity contribution in [3.05, 3.63) is 77.1 Å². The third-order valence-electron chi connectivity index (χ3n) is 7.16. The highest BCUT2D eigenvalue weighted by Gasteiger charge is 2.22. The Morgan fingerprint density at radius 1 is 0.655 bits per heavy atom. The maximum atomic E-state index is 13.4. The van der Waals surface area contributed by atoms with Gasteiger partial charge in [-0.1, -0.05) is 0 Å². The Morgan fingerprint density at radius 2 is 1.04 bits per heavy atom. The zero-order valence-electron chi connectivity index (χ0n) is 33.2. The second-order valence-corrected chi connectivity index (χ2v) is 13.2. The molecule has 1 aromatic carbocycles. The van der Waals surface area contributed by atoms with Crippen molar-refractivity contribution in [1.82, 2.24) is 15.0 Å². The van der Waals surface area contributed by atoms with Crippen LogP contribution in [0.25, 0.3) is 11.1 Å². The van der Waals surface area contributed by atoms with Gasteiger partial charge in [0.25, 0.3) is 0 Å². The maximum absolute atomic E-state index is 13.4. The molecule has 1 aromatic heterocycles. The van der Waals surface area contributed by atoms with Crippen molar-refractivity contribution in [2.45, 2.75) is 39.5 Å². The number of benzene rings is 1. The predicted octanol–water partition coefficient (Wildman–Crippen LogP) is 2.05. The number of carbonyl (C=O) groups excluding carboxylic acids is 1. The Hall–Kier alpha value is -3.88. The molecular formula is C38H63N7O10. The summed E-state index contributed by atoms with van der Waals surface area (Å²) in [5.74, 6) is 12.5. The molecule has 0 bridgehead atoms. The number of carbonyl (C=O) groups is 1. The Bertz CT molecular complexity index is 1340. The Balaban J connectivity index is 2.17. The predicted molar refractivity (Wildman–Crippen MR) is 208 cm³/mol. The maximum Gasteiger partial charge on any atom is 0.338 e. The number of methoxy groups -OCH3 is 2. The van der Waals surface area contributed by atoms with Gasteiger partial charge in [-0.3, -0.25) is 4.98 Å². The first kappa shape index (κ1) is 47.3. The Morgan fingerprint density at radius 3 is 1.42 bits per heavy atom. The van der Waals surface area contributed by atoms with Gasteiger partial charge in [0, 0.05) is 39.0 Å². The van der Waals surface area contributed by atoms with Crippen LogP contribution in [0.1, 0.15) is 42.3 Å². The fourth-order valence-corrected chi connectivity index (χ4v) is 4.89. The third kappa shape index (κ3) is 21.7. The highest BCUT2D eigenvalue weighted by atomic mass is 16.6. The lowest BCUT2D eigenvalue weighted by atomic mass is 9.92. The monoisotopic (exact) mass is 777 g/mol. The van der Waals surface area contributed by atoms with Crippen LogP contribution >= 0.6 is 0 Å². The first-order chi connectivity index (χ1) is 26.4. The van der Waals surface area contributed by atoms with Crippen LogP contribution in [0.15, 0.2) is 60.5 Å². The summed E-state index contributed by atoms with van der Waals surface area (Å²) in [6.45, 7) is 11.4. The zero-order valence-corrected chi connectivity index (χ0v) is 33.2. The molecule has 0 radical (unpaired) electrons. The quantitative estimate of drug-likeness (QED) is 0.0386. The summed E-state index contributed by atoms with van der Waals surface area (Å²) >= 11 is 0. The second kappa shape index (κ2) is 27.7. The molecule has 2 rings (SSSR count). The minimum absolute atomic E-state index is 0.138. The average molecular weight is 778 g/mol. The van der Waals surface area contributed by atoms with Crippen LogP contribution in [0, 0.1) is 0 Å². The molecule has 0 atom stereocenters. The Kier molecular flexibility index (Phi) is 23.8. The van der Waals surface area contributed by atoms with E-state index in [0.29, 0.717) is 96.2 Å². The van der Waals surface area contributed by atoms with Crippen molar-refractivity contribution < 1.29 is 47.4 Å². The summed E-state index contributed by atoms with van der Waals surface area (Å²) in [6.07, 6.45) is 6.54. The standard InChI is InChI=1S/C38H63N7O10/c1-38(2,3)55-37(46)31-22-32(24-44(41)26-34(39)28-53-20-18-51-16-14-49-12-10-47-4)36(30-6-8-43-9-7-30)33(23-31)25-45(42)27-35(40)29-54-21-19-52-17-15-50-13-11-48-5/h6-9,22-23,26-27H,10-21,24-25,28-29,39-42H2,1-5H3/b34-26-,35-27-. The van der Waals surface area contributed by atoms with Crippen molar-refractivity contribution in [3.8, 4) is 11.1 Å². The number of hydrogen-bond acceptors (Lipinski definition) is 17. The molecule has 310 valence electrons. The summed E-state index contributed by atoms with van der Waals surface area (Å²) in [5, 5.41) is 2.87. The molecule has 55 heavy (non-hydrogen) atoms. The molecule has 0 unspecified atom stereocenters. The minimum atomic E-state index is -0.721. The van der Waals surface area contributed by atoms with Crippen LogP contribution in [0.2, 0.25) is 0 Å². The lowest BCUT2D eigenvalue weighted by molar-refractivity contribution is 0.00624. The van der Waals surface area contributed by atoms with Gasteiger partial charge in [-0.15, -0.1) is 0 Å². The zero-order chi connectivity index (χ0) is 40.3. The topological polar surface area (TPSA) is 224 Å². The van der Waals surface area contributed by atoms with Crippen molar-refractivity contribution in [1.29, 1.82) is 0 Å². The van der Waals surface area contributed by atoms with Crippen LogP contribution in [0.5, 0.6) is 0 Å². The molecule has 0 saturated heterocycles. The molecule has 0 saturated carbocycles. The number of hydrogen-bond donors (Lipinski definition) is 4. The molecule has 0 aliphatic heterocycles. The SMILES string of the molecule is COCCOCCOCCOC/C(N)=C/N(N)Cc1cc(C(=O)OC(C)(C)C)cc(CN(N)/C=C(\N)COCCOCCOCCOC)c1-c1ccncc1. The van der Waals surface area contributed by atoms with Crippen LogP contribution < -0.4 is 23.2 Å². The number of rotatable bonds is 30. The molecule has 8 N–H and O–H groups in total.